The van der Waals surface area contributed by atoms with E-state index in [2.05, 4.69) is 48.5 Å². The van der Waals surface area contributed by atoms with Gasteiger partial charge in [-0.05, 0) is 42.4 Å². The van der Waals surface area contributed by atoms with Gasteiger partial charge in [0.1, 0.15) is 0 Å². The van der Waals surface area contributed by atoms with E-state index >= 15 is 0 Å². The van der Waals surface area contributed by atoms with Crippen LogP contribution in [0.1, 0.15) is 106 Å². The van der Waals surface area contributed by atoms with Crippen molar-refractivity contribution in [1.82, 2.24) is 0 Å². The molecular weight excluding hydrogens is 252 g/mol. The molecule has 0 aromatic rings. The Morgan fingerprint density at radius 3 is 1.67 bits per heavy atom. The summed E-state index contributed by atoms with van der Waals surface area (Å²) in [5.74, 6) is 4.64. The van der Waals surface area contributed by atoms with Crippen molar-refractivity contribution in [2.75, 3.05) is 0 Å². The van der Waals surface area contributed by atoms with Crippen molar-refractivity contribution in [3.63, 3.8) is 0 Å². The Balaban J connectivity index is 4.20. The third-order valence-electron chi connectivity index (χ3n) is 5.79. The largest absolute Gasteiger partial charge is 0.0654 e. The van der Waals surface area contributed by atoms with E-state index < -0.39 is 0 Å². The van der Waals surface area contributed by atoms with Crippen molar-refractivity contribution >= 4 is 0 Å². The minimum Gasteiger partial charge on any atom is -0.0654 e. The fourth-order valence-corrected chi connectivity index (χ4v) is 3.82. The molecule has 0 heteroatoms. The lowest BCUT2D eigenvalue weighted by Crippen LogP contribution is -2.16. The van der Waals surface area contributed by atoms with Gasteiger partial charge in [-0.15, -0.1) is 0 Å². The molecule has 0 spiro atoms. The Morgan fingerprint density at radius 2 is 1.19 bits per heavy atom. The van der Waals surface area contributed by atoms with Crippen molar-refractivity contribution in [2.45, 2.75) is 106 Å². The Morgan fingerprint density at radius 1 is 0.571 bits per heavy atom. The zero-order chi connectivity index (χ0) is 16.3. The van der Waals surface area contributed by atoms with Gasteiger partial charge in [0.15, 0.2) is 0 Å². The van der Waals surface area contributed by atoms with Gasteiger partial charge >= 0.3 is 0 Å². The van der Waals surface area contributed by atoms with E-state index in [-0.39, 0.29) is 0 Å². The molecule has 0 radical (unpaired) electrons. The molecule has 21 heavy (non-hydrogen) atoms. The summed E-state index contributed by atoms with van der Waals surface area (Å²) in [4.78, 5) is 0. The van der Waals surface area contributed by atoms with Crippen LogP contribution < -0.4 is 0 Å². The smallest absolute Gasteiger partial charge is 0.0389 e. The van der Waals surface area contributed by atoms with Gasteiger partial charge in [0.25, 0.3) is 0 Å². The predicted octanol–water partition coefficient (Wildman–Crippen LogP) is 7.72. The molecule has 0 aliphatic heterocycles. The van der Waals surface area contributed by atoms with E-state index in [4.69, 9.17) is 0 Å². The fraction of sp³-hybridized carbons (Fsp3) is 1.00. The Bertz CT molecular complexity index is 218. The number of hydrogen-bond acceptors (Lipinski definition) is 0. The van der Waals surface area contributed by atoms with Gasteiger partial charge in [-0.25, -0.2) is 0 Å². The third-order valence-corrected chi connectivity index (χ3v) is 5.79. The normalized spacial score (nSPS) is 17.7. The van der Waals surface area contributed by atoms with E-state index in [1.54, 1.807) is 0 Å². The van der Waals surface area contributed by atoms with Crippen LogP contribution in [0.5, 0.6) is 0 Å². The van der Waals surface area contributed by atoms with Crippen LogP contribution >= 0.6 is 0 Å². The van der Waals surface area contributed by atoms with Crippen LogP contribution in [-0.4, -0.2) is 0 Å². The molecule has 4 atom stereocenters. The summed E-state index contributed by atoms with van der Waals surface area (Å²) in [5.41, 5.74) is 0. The van der Waals surface area contributed by atoms with E-state index in [0.29, 0.717) is 0 Å². The maximum Gasteiger partial charge on any atom is -0.0389 e. The lowest BCUT2D eigenvalue weighted by Gasteiger charge is -2.28. The van der Waals surface area contributed by atoms with E-state index in [1.807, 2.05) is 0 Å². The molecule has 0 N–H and O–H groups in total. The van der Waals surface area contributed by atoms with Crippen molar-refractivity contribution in [3.05, 3.63) is 0 Å². The average Bonchev–Trinajstić information content (AvgIpc) is 2.45. The minimum atomic E-state index is 0.872. The molecule has 0 aromatic heterocycles. The summed E-state index contributed by atoms with van der Waals surface area (Å²) < 4.78 is 0. The average molecular weight is 297 g/mol. The zero-order valence-electron chi connectivity index (χ0n) is 16.3. The Labute approximate surface area is 136 Å². The minimum absolute atomic E-state index is 0.872. The lowest BCUT2D eigenvalue weighted by atomic mass is 9.78. The van der Waals surface area contributed by atoms with Crippen LogP contribution in [0.15, 0.2) is 0 Å². The first-order valence-corrected chi connectivity index (χ1v) is 9.96. The van der Waals surface area contributed by atoms with Crippen LogP contribution in [0.3, 0.4) is 0 Å². The lowest BCUT2D eigenvalue weighted by molar-refractivity contribution is 0.235. The summed E-state index contributed by atoms with van der Waals surface area (Å²) in [6.45, 7) is 16.8. The van der Waals surface area contributed by atoms with E-state index in [0.717, 1.165) is 29.6 Å². The molecule has 0 amide bonds. The van der Waals surface area contributed by atoms with Crippen LogP contribution in [-0.2, 0) is 0 Å². The van der Waals surface area contributed by atoms with E-state index in [1.165, 1.54) is 57.8 Å². The summed E-state index contributed by atoms with van der Waals surface area (Å²) in [7, 11) is 0. The van der Waals surface area contributed by atoms with Gasteiger partial charge < -0.3 is 0 Å². The second-order valence-corrected chi connectivity index (χ2v) is 7.98. The summed E-state index contributed by atoms with van der Waals surface area (Å²) in [6, 6.07) is 0. The number of rotatable bonds is 13. The van der Waals surface area contributed by atoms with Crippen molar-refractivity contribution in [2.24, 2.45) is 29.6 Å². The Kier molecular flexibility index (Phi) is 12.5. The van der Waals surface area contributed by atoms with Gasteiger partial charge in [-0.1, -0.05) is 93.4 Å². The molecule has 0 aromatic carbocycles. The van der Waals surface area contributed by atoms with Gasteiger partial charge in [0, 0.05) is 0 Å². The molecule has 4 unspecified atom stereocenters. The molecule has 0 aliphatic carbocycles. The Hall–Kier alpha value is 0. The predicted molar refractivity (Wildman–Crippen MR) is 98.7 cm³/mol. The summed E-state index contributed by atoms with van der Waals surface area (Å²) in [6.07, 6.45) is 12.7. The summed E-state index contributed by atoms with van der Waals surface area (Å²) >= 11 is 0. The topological polar surface area (TPSA) is 0 Å². The SMILES string of the molecule is CCCC(CCC(CC)C(C)CCCC(C)C)C(C)CC. The molecule has 0 aliphatic rings. The molecule has 0 nitrogen and oxygen atoms in total. The van der Waals surface area contributed by atoms with Crippen molar-refractivity contribution in [3.8, 4) is 0 Å². The maximum absolute atomic E-state index is 2.51. The highest BCUT2D eigenvalue weighted by atomic mass is 14.3. The number of hydrogen-bond donors (Lipinski definition) is 0. The first-order chi connectivity index (χ1) is 9.96. The van der Waals surface area contributed by atoms with Gasteiger partial charge in [0.05, 0.1) is 0 Å². The molecule has 0 saturated heterocycles. The second kappa shape index (κ2) is 12.5. The van der Waals surface area contributed by atoms with Gasteiger partial charge in [-0.3, -0.25) is 0 Å². The van der Waals surface area contributed by atoms with Crippen LogP contribution in [0.2, 0.25) is 0 Å². The molecule has 0 fully saturated rings. The van der Waals surface area contributed by atoms with Crippen LogP contribution in [0.4, 0.5) is 0 Å². The molecule has 128 valence electrons. The molecular formula is C21H44. The second-order valence-electron chi connectivity index (χ2n) is 7.98. The molecule has 0 heterocycles. The highest BCUT2D eigenvalue weighted by Crippen LogP contribution is 2.32. The molecule has 0 rings (SSSR count). The van der Waals surface area contributed by atoms with Gasteiger partial charge in [-0.2, -0.15) is 0 Å². The monoisotopic (exact) mass is 296 g/mol. The standard InChI is InChI=1S/C21H44/c1-8-12-21(18(6)9-2)16-15-20(10-3)19(7)14-11-13-17(4)5/h17-21H,8-16H2,1-7H3. The first-order valence-electron chi connectivity index (χ1n) is 9.96. The van der Waals surface area contributed by atoms with Crippen molar-refractivity contribution < 1.29 is 0 Å². The zero-order valence-corrected chi connectivity index (χ0v) is 16.3. The quantitative estimate of drug-likeness (QED) is 0.326. The highest BCUT2D eigenvalue weighted by Gasteiger charge is 2.20. The van der Waals surface area contributed by atoms with E-state index in [9.17, 15) is 0 Å². The van der Waals surface area contributed by atoms with Crippen molar-refractivity contribution in [1.29, 1.82) is 0 Å². The molecule has 0 saturated carbocycles. The fourth-order valence-electron chi connectivity index (χ4n) is 3.82. The maximum atomic E-state index is 2.51. The van der Waals surface area contributed by atoms with Crippen LogP contribution in [0.25, 0.3) is 0 Å². The van der Waals surface area contributed by atoms with Crippen LogP contribution in [0, 0.1) is 29.6 Å². The highest BCUT2D eigenvalue weighted by molar-refractivity contribution is 4.71. The first kappa shape index (κ1) is 21.0. The van der Waals surface area contributed by atoms with Gasteiger partial charge in [0.2, 0.25) is 0 Å². The third kappa shape index (κ3) is 9.59. The molecule has 0 bridgehead atoms. The summed E-state index contributed by atoms with van der Waals surface area (Å²) in [5, 5.41) is 0.